The predicted octanol–water partition coefficient (Wildman–Crippen LogP) is 2.47. The summed E-state index contributed by atoms with van der Waals surface area (Å²) >= 11 is 5.91. The fourth-order valence-corrected chi connectivity index (χ4v) is 1.53. The highest BCUT2D eigenvalue weighted by Crippen LogP contribution is 2.23. The number of hydrogen-bond acceptors (Lipinski definition) is 3. The van der Waals surface area contributed by atoms with Gasteiger partial charge in [0.1, 0.15) is 5.75 Å². The first kappa shape index (κ1) is 12.4. The molecule has 1 aromatic carbocycles. The SMILES string of the molecule is O=C(CCOc1ccccc1Cl)Nc1ncc[nH]1. The summed E-state index contributed by atoms with van der Waals surface area (Å²) in [4.78, 5) is 18.2. The highest BCUT2D eigenvalue weighted by Gasteiger charge is 2.05. The van der Waals surface area contributed by atoms with Crippen LogP contribution in [0.4, 0.5) is 5.95 Å². The van der Waals surface area contributed by atoms with E-state index in [0.29, 0.717) is 16.7 Å². The normalized spacial score (nSPS) is 10.1. The molecule has 0 fully saturated rings. The Morgan fingerprint density at radius 1 is 1.44 bits per heavy atom. The number of amides is 1. The number of nitrogens with zero attached hydrogens (tertiary/aromatic N) is 1. The van der Waals surface area contributed by atoms with Gasteiger partial charge in [0, 0.05) is 12.4 Å². The maximum absolute atomic E-state index is 11.5. The van der Waals surface area contributed by atoms with E-state index < -0.39 is 0 Å². The van der Waals surface area contributed by atoms with Gasteiger partial charge in [0.25, 0.3) is 0 Å². The number of para-hydroxylation sites is 1. The van der Waals surface area contributed by atoms with Gasteiger partial charge in [-0.05, 0) is 12.1 Å². The minimum Gasteiger partial charge on any atom is -0.491 e. The number of carbonyl (C=O) groups is 1. The summed E-state index contributed by atoms with van der Waals surface area (Å²) in [7, 11) is 0. The smallest absolute Gasteiger partial charge is 0.230 e. The first-order valence-electron chi connectivity index (χ1n) is 5.42. The maximum Gasteiger partial charge on any atom is 0.230 e. The number of anilines is 1. The lowest BCUT2D eigenvalue weighted by Crippen LogP contribution is -2.16. The Labute approximate surface area is 109 Å². The maximum atomic E-state index is 11.5. The number of benzene rings is 1. The lowest BCUT2D eigenvalue weighted by molar-refractivity contribution is -0.116. The van der Waals surface area contributed by atoms with Crippen LogP contribution in [-0.4, -0.2) is 22.5 Å². The monoisotopic (exact) mass is 265 g/mol. The second-order valence-electron chi connectivity index (χ2n) is 3.51. The third-order valence-electron chi connectivity index (χ3n) is 2.18. The van der Waals surface area contributed by atoms with E-state index in [1.807, 2.05) is 12.1 Å². The van der Waals surface area contributed by atoms with Crippen LogP contribution in [0.3, 0.4) is 0 Å². The number of halogens is 1. The first-order valence-corrected chi connectivity index (χ1v) is 5.80. The predicted molar refractivity (Wildman–Crippen MR) is 68.8 cm³/mol. The summed E-state index contributed by atoms with van der Waals surface area (Å²) in [5.74, 6) is 0.833. The Bertz CT molecular complexity index is 514. The Morgan fingerprint density at radius 3 is 3.00 bits per heavy atom. The topological polar surface area (TPSA) is 67.0 Å². The molecule has 0 atom stereocenters. The van der Waals surface area contributed by atoms with Crippen molar-refractivity contribution in [1.29, 1.82) is 0 Å². The van der Waals surface area contributed by atoms with E-state index in [2.05, 4.69) is 15.3 Å². The van der Waals surface area contributed by atoms with E-state index in [1.54, 1.807) is 24.5 Å². The van der Waals surface area contributed by atoms with Gasteiger partial charge in [0.15, 0.2) is 0 Å². The third-order valence-corrected chi connectivity index (χ3v) is 2.49. The van der Waals surface area contributed by atoms with Crippen molar-refractivity contribution < 1.29 is 9.53 Å². The number of aromatic amines is 1. The number of carbonyl (C=O) groups excluding carboxylic acids is 1. The lowest BCUT2D eigenvalue weighted by atomic mass is 10.3. The van der Waals surface area contributed by atoms with Gasteiger partial charge in [-0.15, -0.1) is 0 Å². The van der Waals surface area contributed by atoms with Crippen molar-refractivity contribution >= 4 is 23.5 Å². The highest BCUT2D eigenvalue weighted by molar-refractivity contribution is 6.32. The summed E-state index contributed by atoms with van der Waals surface area (Å²) in [6.45, 7) is 0.260. The van der Waals surface area contributed by atoms with Crippen LogP contribution in [0.15, 0.2) is 36.7 Å². The number of hydrogen-bond donors (Lipinski definition) is 2. The molecule has 18 heavy (non-hydrogen) atoms. The number of aromatic nitrogens is 2. The summed E-state index contributed by atoms with van der Waals surface area (Å²) < 4.78 is 5.40. The second-order valence-corrected chi connectivity index (χ2v) is 3.92. The summed E-state index contributed by atoms with van der Waals surface area (Å²) in [5, 5.41) is 3.14. The Morgan fingerprint density at radius 2 is 2.28 bits per heavy atom. The van der Waals surface area contributed by atoms with Crippen LogP contribution < -0.4 is 10.1 Å². The average molecular weight is 266 g/mol. The van der Waals surface area contributed by atoms with E-state index in [9.17, 15) is 4.79 Å². The van der Waals surface area contributed by atoms with Gasteiger partial charge in [-0.1, -0.05) is 23.7 Å². The molecule has 0 unspecified atom stereocenters. The van der Waals surface area contributed by atoms with Crippen LogP contribution in [0.2, 0.25) is 5.02 Å². The molecule has 0 aliphatic carbocycles. The number of rotatable bonds is 5. The van der Waals surface area contributed by atoms with Crippen molar-refractivity contribution in [2.75, 3.05) is 11.9 Å². The molecule has 0 bridgehead atoms. The molecule has 0 aliphatic heterocycles. The zero-order valence-corrected chi connectivity index (χ0v) is 10.3. The highest BCUT2D eigenvalue weighted by atomic mass is 35.5. The molecular formula is C12H12ClN3O2. The fraction of sp³-hybridized carbons (Fsp3) is 0.167. The van der Waals surface area contributed by atoms with Gasteiger partial charge >= 0.3 is 0 Å². The van der Waals surface area contributed by atoms with Crippen LogP contribution in [0.25, 0.3) is 0 Å². The second kappa shape index (κ2) is 6.07. The molecule has 2 aromatic rings. The molecule has 0 saturated heterocycles. The summed E-state index contributed by atoms with van der Waals surface area (Å²) in [5.41, 5.74) is 0. The van der Waals surface area contributed by atoms with Gasteiger partial charge in [0.05, 0.1) is 18.1 Å². The van der Waals surface area contributed by atoms with Crippen molar-refractivity contribution in [2.24, 2.45) is 0 Å². The molecule has 2 rings (SSSR count). The molecular weight excluding hydrogens is 254 g/mol. The minimum absolute atomic E-state index is 0.169. The number of ether oxygens (including phenoxy) is 1. The standard InChI is InChI=1S/C12H12ClN3O2/c13-9-3-1-2-4-10(9)18-8-5-11(17)16-12-14-6-7-15-12/h1-4,6-7H,5,8H2,(H2,14,15,16,17). The molecule has 1 heterocycles. The fourth-order valence-electron chi connectivity index (χ4n) is 1.34. The molecule has 2 N–H and O–H groups in total. The lowest BCUT2D eigenvalue weighted by Gasteiger charge is -2.07. The molecule has 0 aliphatic rings. The molecule has 0 radical (unpaired) electrons. The van der Waals surface area contributed by atoms with Gasteiger partial charge in [0.2, 0.25) is 11.9 Å². The van der Waals surface area contributed by atoms with Crippen molar-refractivity contribution in [3.8, 4) is 5.75 Å². The van der Waals surface area contributed by atoms with Gasteiger partial charge in [-0.2, -0.15) is 0 Å². The van der Waals surface area contributed by atoms with Crippen molar-refractivity contribution in [3.63, 3.8) is 0 Å². The van der Waals surface area contributed by atoms with Crippen molar-refractivity contribution in [2.45, 2.75) is 6.42 Å². The van der Waals surface area contributed by atoms with Gasteiger partial charge in [-0.25, -0.2) is 4.98 Å². The van der Waals surface area contributed by atoms with E-state index >= 15 is 0 Å². The molecule has 1 aromatic heterocycles. The first-order chi connectivity index (χ1) is 8.75. The Balaban J connectivity index is 1.75. The van der Waals surface area contributed by atoms with Gasteiger partial charge < -0.3 is 9.72 Å². The quantitative estimate of drug-likeness (QED) is 0.873. The van der Waals surface area contributed by atoms with Crippen LogP contribution >= 0.6 is 11.6 Å². The van der Waals surface area contributed by atoms with Crippen LogP contribution in [-0.2, 0) is 4.79 Å². The number of imidazole rings is 1. The minimum atomic E-state index is -0.169. The number of nitrogens with one attached hydrogen (secondary N) is 2. The summed E-state index contributed by atoms with van der Waals surface area (Å²) in [6.07, 6.45) is 3.43. The van der Waals surface area contributed by atoms with Crippen LogP contribution in [0, 0.1) is 0 Å². The van der Waals surface area contributed by atoms with E-state index in [4.69, 9.17) is 16.3 Å². The summed E-state index contributed by atoms with van der Waals surface area (Å²) in [6, 6.07) is 7.13. The van der Waals surface area contributed by atoms with Crippen molar-refractivity contribution in [1.82, 2.24) is 9.97 Å². The Hall–Kier alpha value is -2.01. The van der Waals surface area contributed by atoms with Gasteiger partial charge in [-0.3, -0.25) is 10.1 Å². The van der Waals surface area contributed by atoms with Crippen LogP contribution in [0.1, 0.15) is 6.42 Å². The number of H-pyrrole nitrogens is 1. The Kier molecular flexibility index (Phi) is 4.20. The van der Waals surface area contributed by atoms with E-state index in [0.717, 1.165) is 0 Å². The molecule has 1 amide bonds. The zero-order chi connectivity index (χ0) is 12.8. The zero-order valence-electron chi connectivity index (χ0n) is 9.52. The van der Waals surface area contributed by atoms with E-state index in [-0.39, 0.29) is 18.9 Å². The van der Waals surface area contributed by atoms with E-state index in [1.165, 1.54) is 0 Å². The average Bonchev–Trinajstić information content (AvgIpc) is 2.84. The molecule has 6 heteroatoms. The van der Waals surface area contributed by atoms with Crippen molar-refractivity contribution in [3.05, 3.63) is 41.7 Å². The molecule has 0 saturated carbocycles. The largest absolute Gasteiger partial charge is 0.491 e. The molecule has 0 spiro atoms. The third kappa shape index (κ3) is 3.49. The molecule has 94 valence electrons. The van der Waals surface area contributed by atoms with Crippen LogP contribution in [0.5, 0.6) is 5.75 Å². The molecule has 5 nitrogen and oxygen atoms in total.